The van der Waals surface area contributed by atoms with Crippen molar-refractivity contribution < 1.29 is 22.8 Å². The van der Waals surface area contributed by atoms with E-state index in [4.69, 9.17) is 0 Å². The van der Waals surface area contributed by atoms with E-state index >= 15 is 0 Å². The highest BCUT2D eigenvalue weighted by Gasteiger charge is 2.29. The summed E-state index contributed by atoms with van der Waals surface area (Å²) in [6, 6.07) is 4.81. The van der Waals surface area contributed by atoms with Gasteiger partial charge in [0.05, 0.1) is 5.56 Å². The molecule has 1 aromatic rings. The predicted octanol–water partition coefficient (Wildman–Crippen LogP) is 1.97. The Morgan fingerprint density at radius 2 is 1.91 bits per heavy atom. The van der Waals surface area contributed by atoms with Crippen molar-refractivity contribution in [2.24, 2.45) is 5.10 Å². The number of hydrazone groups is 1. The van der Waals surface area contributed by atoms with Gasteiger partial charge in [-0.25, -0.2) is 5.01 Å². The first-order valence-electron chi connectivity index (χ1n) is 7.06. The number of nitrogens with zero attached hydrogens (tertiary/aromatic N) is 2. The van der Waals surface area contributed by atoms with Gasteiger partial charge in [-0.1, -0.05) is 12.1 Å². The van der Waals surface area contributed by atoms with Crippen LogP contribution in [0.25, 0.3) is 0 Å². The summed E-state index contributed by atoms with van der Waals surface area (Å²) in [6.45, 7) is 0.279. The Labute approximate surface area is 131 Å². The van der Waals surface area contributed by atoms with Crippen molar-refractivity contribution in [3.05, 3.63) is 35.4 Å². The third-order valence-corrected chi connectivity index (χ3v) is 3.45. The van der Waals surface area contributed by atoms with Crippen molar-refractivity contribution in [2.45, 2.75) is 25.4 Å². The smallest absolute Gasteiger partial charge is 0.351 e. The first-order valence-corrected chi connectivity index (χ1v) is 7.06. The Hall–Kier alpha value is -2.38. The van der Waals surface area contributed by atoms with Crippen molar-refractivity contribution in [2.75, 3.05) is 13.6 Å². The van der Waals surface area contributed by atoms with E-state index in [1.807, 2.05) is 0 Å². The second-order valence-electron chi connectivity index (χ2n) is 5.16. The summed E-state index contributed by atoms with van der Waals surface area (Å²) in [5.74, 6) is -0.512. The molecule has 5 nitrogen and oxygen atoms in total. The largest absolute Gasteiger partial charge is 0.416 e. The topological polar surface area (TPSA) is 61.8 Å². The van der Waals surface area contributed by atoms with E-state index in [1.54, 1.807) is 0 Å². The van der Waals surface area contributed by atoms with Crippen molar-refractivity contribution >= 4 is 17.5 Å². The number of amides is 2. The zero-order valence-electron chi connectivity index (χ0n) is 12.5. The molecule has 0 aliphatic carbocycles. The zero-order chi connectivity index (χ0) is 17.0. The second kappa shape index (κ2) is 6.80. The molecule has 1 aliphatic rings. The maximum absolute atomic E-state index is 12.4. The first-order chi connectivity index (χ1) is 10.8. The van der Waals surface area contributed by atoms with Crippen molar-refractivity contribution in [1.82, 2.24) is 10.3 Å². The number of carbonyl (C=O) groups excluding carboxylic acids is 2. The number of rotatable bonds is 4. The third kappa shape index (κ3) is 4.54. The number of nitrogens with one attached hydrogen (secondary N) is 1. The predicted molar refractivity (Wildman–Crippen MR) is 77.6 cm³/mol. The van der Waals surface area contributed by atoms with Crippen molar-refractivity contribution in [1.29, 1.82) is 0 Å². The molecule has 23 heavy (non-hydrogen) atoms. The highest BCUT2D eigenvalue weighted by atomic mass is 19.4. The minimum absolute atomic E-state index is 0.147. The molecule has 0 saturated carbocycles. The fourth-order valence-electron chi connectivity index (χ4n) is 2.12. The summed E-state index contributed by atoms with van der Waals surface area (Å²) >= 11 is 0. The lowest BCUT2D eigenvalue weighted by atomic mass is 10.1. The molecular weight excluding hydrogens is 311 g/mol. The van der Waals surface area contributed by atoms with E-state index < -0.39 is 11.7 Å². The lowest BCUT2D eigenvalue weighted by molar-refractivity contribution is -0.137. The molecule has 0 saturated heterocycles. The van der Waals surface area contributed by atoms with E-state index in [2.05, 4.69) is 10.4 Å². The molecule has 0 bridgehead atoms. The van der Waals surface area contributed by atoms with Crippen LogP contribution >= 0.6 is 0 Å². The maximum atomic E-state index is 12.4. The van der Waals surface area contributed by atoms with Gasteiger partial charge in [0.15, 0.2) is 0 Å². The van der Waals surface area contributed by atoms with Crippen LogP contribution < -0.4 is 5.32 Å². The number of benzene rings is 1. The molecule has 2 rings (SSSR count). The molecule has 1 aromatic carbocycles. The SMILES string of the molecule is CN1N=C(C(=O)NCCc2ccc(C(F)(F)F)cc2)CCC1=O. The van der Waals surface area contributed by atoms with Gasteiger partial charge in [0.1, 0.15) is 5.71 Å². The molecule has 1 aliphatic heterocycles. The van der Waals surface area contributed by atoms with Crippen LogP contribution in [0.1, 0.15) is 24.0 Å². The molecule has 2 amide bonds. The van der Waals surface area contributed by atoms with Gasteiger partial charge in [0, 0.05) is 26.4 Å². The normalized spacial score (nSPS) is 15.4. The van der Waals surface area contributed by atoms with E-state index in [9.17, 15) is 22.8 Å². The summed E-state index contributed by atoms with van der Waals surface area (Å²) in [5.41, 5.74) is 0.269. The Bertz CT molecular complexity index is 624. The molecule has 1 N–H and O–H groups in total. The quantitative estimate of drug-likeness (QED) is 0.919. The lowest BCUT2D eigenvalue weighted by Gasteiger charge is -2.18. The fraction of sp³-hybridized carbons (Fsp3) is 0.400. The average Bonchev–Trinajstić information content (AvgIpc) is 2.49. The van der Waals surface area contributed by atoms with Gasteiger partial charge in [0.25, 0.3) is 5.91 Å². The molecular formula is C15H16F3N3O2. The number of alkyl halides is 3. The van der Waals surface area contributed by atoms with Crippen LogP contribution in [0.3, 0.4) is 0 Å². The van der Waals surface area contributed by atoms with Gasteiger partial charge in [-0.05, 0) is 24.1 Å². The third-order valence-electron chi connectivity index (χ3n) is 3.45. The summed E-state index contributed by atoms with van der Waals surface area (Å²) in [7, 11) is 1.48. The van der Waals surface area contributed by atoms with E-state index in [1.165, 1.54) is 19.2 Å². The monoisotopic (exact) mass is 327 g/mol. The fourth-order valence-corrected chi connectivity index (χ4v) is 2.12. The minimum Gasteiger partial charge on any atom is -0.351 e. The summed E-state index contributed by atoms with van der Waals surface area (Å²) < 4.78 is 37.3. The highest BCUT2D eigenvalue weighted by molar-refractivity contribution is 6.39. The minimum atomic E-state index is -4.35. The Balaban J connectivity index is 1.84. The standard InChI is InChI=1S/C15H16F3N3O2/c1-21-13(22)7-6-12(20-21)14(23)19-9-8-10-2-4-11(5-3-10)15(16,17)18/h2-5H,6-9H2,1H3,(H,19,23). The van der Waals surface area contributed by atoms with E-state index in [0.717, 1.165) is 17.1 Å². The molecule has 1 heterocycles. The van der Waals surface area contributed by atoms with Crippen LogP contribution in [0, 0.1) is 0 Å². The Morgan fingerprint density at radius 3 is 2.48 bits per heavy atom. The van der Waals surface area contributed by atoms with Gasteiger partial charge < -0.3 is 5.32 Å². The van der Waals surface area contributed by atoms with Crippen molar-refractivity contribution in [3.63, 3.8) is 0 Å². The number of carbonyl (C=O) groups is 2. The van der Waals surface area contributed by atoms with Crippen LogP contribution in [0.5, 0.6) is 0 Å². The molecule has 0 aromatic heterocycles. The highest BCUT2D eigenvalue weighted by Crippen LogP contribution is 2.29. The average molecular weight is 327 g/mol. The molecule has 0 atom stereocenters. The lowest BCUT2D eigenvalue weighted by Crippen LogP contribution is -2.38. The van der Waals surface area contributed by atoms with Gasteiger partial charge in [-0.3, -0.25) is 9.59 Å². The molecule has 0 fully saturated rings. The number of hydrogen-bond donors (Lipinski definition) is 1. The second-order valence-corrected chi connectivity index (χ2v) is 5.16. The molecule has 0 spiro atoms. The summed E-state index contributed by atoms with van der Waals surface area (Å²) in [4.78, 5) is 23.2. The molecule has 124 valence electrons. The van der Waals surface area contributed by atoms with Gasteiger partial charge in [-0.2, -0.15) is 18.3 Å². The van der Waals surface area contributed by atoms with Gasteiger partial charge >= 0.3 is 6.18 Å². The molecule has 0 radical (unpaired) electrons. The van der Waals surface area contributed by atoms with Crippen LogP contribution in [0.15, 0.2) is 29.4 Å². The summed E-state index contributed by atoms with van der Waals surface area (Å²) in [5, 5.41) is 7.68. The van der Waals surface area contributed by atoms with Crippen LogP contribution in [0.2, 0.25) is 0 Å². The van der Waals surface area contributed by atoms with E-state index in [-0.39, 0.29) is 36.9 Å². The summed E-state index contributed by atoms with van der Waals surface area (Å²) in [6.07, 6.45) is -3.42. The number of hydrogen-bond acceptors (Lipinski definition) is 3. The van der Waals surface area contributed by atoms with Crippen LogP contribution in [-0.2, 0) is 22.2 Å². The van der Waals surface area contributed by atoms with Gasteiger partial charge in [0.2, 0.25) is 5.91 Å². The Kier molecular flexibility index (Phi) is 5.02. The van der Waals surface area contributed by atoms with Crippen LogP contribution in [-0.4, -0.2) is 36.1 Å². The van der Waals surface area contributed by atoms with Gasteiger partial charge in [-0.15, -0.1) is 0 Å². The maximum Gasteiger partial charge on any atom is 0.416 e. The number of halogens is 3. The Morgan fingerprint density at radius 1 is 1.26 bits per heavy atom. The van der Waals surface area contributed by atoms with Crippen molar-refractivity contribution in [3.8, 4) is 0 Å². The van der Waals surface area contributed by atoms with E-state index in [0.29, 0.717) is 12.0 Å². The van der Waals surface area contributed by atoms with Crippen LogP contribution in [0.4, 0.5) is 13.2 Å². The first kappa shape index (κ1) is 17.0. The zero-order valence-corrected chi connectivity index (χ0v) is 12.5. The molecule has 0 unspecified atom stereocenters. The molecule has 8 heteroatoms.